The molecular formula is C33H34FN7O2. The fourth-order valence-electron chi connectivity index (χ4n) is 5.43. The van der Waals surface area contributed by atoms with Crippen LogP contribution in [0.5, 0.6) is 6.01 Å². The van der Waals surface area contributed by atoms with Gasteiger partial charge in [0.2, 0.25) is 5.95 Å². The second-order valence-electron chi connectivity index (χ2n) is 11.1. The molecule has 1 aliphatic rings. The van der Waals surface area contributed by atoms with Crippen molar-refractivity contribution in [3.8, 4) is 17.3 Å². The number of aromatic nitrogens is 5. The van der Waals surface area contributed by atoms with Gasteiger partial charge in [-0.2, -0.15) is 19.6 Å². The van der Waals surface area contributed by atoms with Gasteiger partial charge in [0.25, 0.3) is 0 Å². The number of fused-ring (bicyclic) bond motifs is 2. The van der Waals surface area contributed by atoms with E-state index in [1.54, 1.807) is 10.7 Å². The highest BCUT2D eigenvalue weighted by molar-refractivity contribution is 5.98. The van der Waals surface area contributed by atoms with Gasteiger partial charge in [-0.1, -0.05) is 62.9 Å². The van der Waals surface area contributed by atoms with E-state index < -0.39 is 11.6 Å². The molecule has 4 heterocycles. The van der Waals surface area contributed by atoms with Crippen LogP contribution < -0.4 is 15.4 Å². The van der Waals surface area contributed by atoms with Crippen LogP contribution in [0.1, 0.15) is 49.3 Å². The predicted molar refractivity (Wildman–Crippen MR) is 165 cm³/mol. The number of benzene rings is 2. The number of Topliss-reactive ketones (excluding diaryl/α,β-unsaturated/α-hetero) is 1. The van der Waals surface area contributed by atoms with Crippen molar-refractivity contribution in [1.29, 1.82) is 0 Å². The first-order valence-corrected chi connectivity index (χ1v) is 14.6. The summed E-state index contributed by atoms with van der Waals surface area (Å²) in [5.41, 5.74) is 5.25. The molecule has 10 heteroatoms. The maximum atomic E-state index is 13.3. The van der Waals surface area contributed by atoms with Gasteiger partial charge in [0.1, 0.15) is 6.10 Å². The Hall–Kier alpha value is -4.70. The number of nitrogens with one attached hydrogen (secondary N) is 2. The van der Waals surface area contributed by atoms with E-state index >= 15 is 0 Å². The topological polar surface area (TPSA) is 106 Å². The second kappa shape index (κ2) is 12.3. The van der Waals surface area contributed by atoms with E-state index in [4.69, 9.17) is 19.7 Å². The number of carbonyl (C=O) groups is 1. The average molecular weight is 580 g/mol. The highest BCUT2D eigenvalue weighted by Crippen LogP contribution is 2.31. The fraction of sp³-hybridized carbons (Fsp3) is 0.303. The summed E-state index contributed by atoms with van der Waals surface area (Å²) in [6.45, 7) is 9.56. The van der Waals surface area contributed by atoms with Crippen molar-refractivity contribution in [1.82, 2.24) is 29.9 Å². The summed E-state index contributed by atoms with van der Waals surface area (Å²) in [7, 11) is 0. The van der Waals surface area contributed by atoms with E-state index in [0.29, 0.717) is 18.5 Å². The first-order chi connectivity index (χ1) is 20.9. The van der Waals surface area contributed by atoms with Crippen LogP contribution in [0.25, 0.3) is 27.7 Å². The molecule has 5 aromatic rings. The lowest BCUT2D eigenvalue weighted by molar-refractivity contribution is -0.116. The lowest BCUT2D eigenvalue weighted by Gasteiger charge is -2.23. The SMILES string of the molecule is C=C(F)C(=O)Cc1ccc2c(-c3ccccc3CNc3nc(O[C@H]4CCCNC4)nc4c(C(C)C)cnn34)nccc2c1. The minimum absolute atomic E-state index is 0.0158. The van der Waals surface area contributed by atoms with Crippen LogP contribution in [0.2, 0.25) is 0 Å². The number of anilines is 1. The molecule has 1 saturated heterocycles. The molecule has 3 aromatic heterocycles. The molecule has 9 nitrogen and oxygen atoms in total. The molecule has 43 heavy (non-hydrogen) atoms. The van der Waals surface area contributed by atoms with E-state index in [9.17, 15) is 9.18 Å². The van der Waals surface area contributed by atoms with Crippen LogP contribution in [0.4, 0.5) is 10.3 Å². The summed E-state index contributed by atoms with van der Waals surface area (Å²) >= 11 is 0. The highest BCUT2D eigenvalue weighted by atomic mass is 19.1. The Balaban J connectivity index is 1.32. The molecule has 0 saturated carbocycles. The molecule has 0 amide bonds. The molecule has 6 rings (SSSR count). The Morgan fingerprint density at radius 2 is 2.07 bits per heavy atom. The molecule has 0 unspecified atom stereocenters. The Kier molecular flexibility index (Phi) is 8.11. The first kappa shape index (κ1) is 28.4. The zero-order valence-corrected chi connectivity index (χ0v) is 24.3. The normalized spacial score (nSPS) is 15.2. The first-order valence-electron chi connectivity index (χ1n) is 14.6. The summed E-state index contributed by atoms with van der Waals surface area (Å²) in [6, 6.07) is 15.9. The molecule has 2 N–H and O–H groups in total. The van der Waals surface area contributed by atoms with E-state index in [0.717, 1.165) is 70.3 Å². The van der Waals surface area contributed by atoms with Gasteiger partial charge in [-0.05, 0) is 47.9 Å². The average Bonchev–Trinajstić information content (AvgIpc) is 3.45. The van der Waals surface area contributed by atoms with Crippen molar-refractivity contribution < 1.29 is 13.9 Å². The molecule has 0 bridgehead atoms. The third kappa shape index (κ3) is 6.10. The zero-order valence-electron chi connectivity index (χ0n) is 24.3. The lowest BCUT2D eigenvalue weighted by Crippen LogP contribution is -2.37. The maximum Gasteiger partial charge on any atom is 0.322 e. The van der Waals surface area contributed by atoms with Gasteiger partial charge in [0.05, 0.1) is 11.9 Å². The molecule has 1 aliphatic heterocycles. The quantitative estimate of drug-likeness (QED) is 0.200. The number of pyridine rings is 1. The molecule has 220 valence electrons. The molecule has 0 radical (unpaired) electrons. The van der Waals surface area contributed by atoms with Crippen LogP contribution >= 0.6 is 0 Å². The van der Waals surface area contributed by atoms with Crippen LogP contribution in [0.15, 0.2) is 73.3 Å². The Bertz CT molecular complexity index is 1810. The zero-order chi connectivity index (χ0) is 29.9. The number of hydrogen-bond donors (Lipinski definition) is 2. The smallest absolute Gasteiger partial charge is 0.322 e. The van der Waals surface area contributed by atoms with Crippen LogP contribution in [-0.4, -0.2) is 49.5 Å². The number of carbonyl (C=O) groups excluding carboxylic acids is 1. The summed E-state index contributed by atoms with van der Waals surface area (Å²) in [4.78, 5) is 26.1. The molecule has 0 spiro atoms. The van der Waals surface area contributed by atoms with E-state index in [2.05, 4.69) is 42.2 Å². The van der Waals surface area contributed by atoms with Crippen molar-refractivity contribution in [3.63, 3.8) is 0 Å². The maximum absolute atomic E-state index is 13.3. The molecule has 2 aromatic carbocycles. The molecule has 1 fully saturated rings. The van der Waals surface area contributed by atoms with Crippen molar-refractivity contribution in [3.05, 3.63) is 90.0 Å². The van der Waals surface area contributed by atoms with Crippen LogP contribution in [0, 0.1) is 0 Å². The number of nitrogens with zero attached hydrogens (tertiary/aromatic N) is 5. The van der Waals surface area contributed by atoms with Gasteiger partial charge in [-0.25, -0.2) is 4.39 Å². The second-order valence-corrected chi connectivity index (χ2v) is 11.1. The van der Waals surface area contributed by atoms with Crippen LogP contribution in [0.3, 0.4) is 0 Å². The number of piperidine rings is 1. The van der Waals surface area contributed by atoms with Crippen molar-refractivity contribution in [2.45, 2.75) is 51.7 Å². The monoisotopic (exact) mass is 579 g/mol. The predicted octanol–water partition coefficient (Wildman–Crippen LogP) is 5.80. The van der Waals surface area contributed by atoms with Crippen LogP contribution in [-0.2, 0) is 17.8 Å². The number of halogens is 1. The van der Waals surface area contributed by atoms with Crippen molar-refractivity contribution >= 4 is 28.2 Å². The fourth-order valence-corrected chi connectivity index (χ4v) is 5.43. The lowest BCUT2D eigenvalue weighted by atomic mass is 9.97. The number of hydrogen-bond acceptors (Lipinski definition) is 8. The van der Waals surface area contributed by atoms with Crippen molar-refractivity contribution in [2.24, 2.45) is 0 Å². The molecular weight excluding hydrogens is 545 g/mol. The number of rotatable bonds is 10. The summed E-state index contributed by atoms with van der Waals surface area (Å²) in [5, 5.41) is 13.3. The molecule has 1 atom stereocenters. The third-order valence-corrected chi connectivity index (χ3v) is 7.73. The minimum Gasteiger partial charge on any atom is -0.459 e. The van der Waals surface area contributed by atoms with Gasteiger partial charge in [0.15, 0.2) is 17.3 Å². The molecule has 0 aliphatic carbocycles. The summed E-state index contributed by atoms with van der Waals surface area (Å²) < 4.78 is 21.2. The van der Waals surface area contributed by atoms with E-state index in [-0.39, 0.29) is 18.4 Å². The van der Waals surface area contributed by atoms with Gasteiger partial charge < -0.3 is 15.4 Å². The minimum atomic E-state index is -0.932. The number of allylic oxidation sites excluding steroid dienone is 1. The van der Waals surface area contributed by atoms with Gasteiger partial charge in [-0.3, -0.25) is 9.78 Å². The van der Waals surface area contributed by atoms with Gasteiger partial charge in [-0.15, -0.1) is 0 Å². The summed E-state index contributed by atoms with van der Waals surface area (Å²) in [6.07, 6.45) is 5.57. The Morgan fingerprint density at radius 1 is 1.21 bits per heavy atom. The van der Waals surface area contributed by atoms with Gasteiger partial charge >= 0.3 is 6.01 Å². The standard InChI is InChI=1S/C33H34FN7O2/c1-20(2)28-19-38-41-31(28)39-33(43-25-8-6-13-35-18-25)40-32(41)37-17-24-7-4-5-9-26(24)30-27-11-10-22(16-29(42)21(3)34)15-23(27)12-14-36-30/h4-5,7,9-12,14-15,19-20,25,35H,3,6,8,13,16-18H2,1-2H3,(H,37,39,40)/t25-/m0/s1. The number of ketones is 1. The Labute approximate surface area is 249 Å². The van der Waals surface area contributed by atoms with Crippen molar-refractivity contribution in [2.75, 3.05) is 18.4 Å². The Morgan fingerprint density at radius 3 is 2.86 bits per heavy atom. The van der Waals surface area contributed by atoms with E-state index in [1.807, 2.05) is 48.7 Å². The summed E-state index contributed by atoms with van der Waals surface area (Å²) in [5.74, 6) is -0.777. The largest absolute Gasteiger partial charge is 0.459 e. The number of ether oxygens (including phenoxy) is 1. The third-order valence-electron chi connectivity index (χ3n) is 7.73. The van der Waals surface area contributed by atoms with E-state index in [1.165, 1.54) is 0 Å². The van der Waals surface area contributed by atoms with Gasteiger partial charge in [0, 0.05) is 42.2 Å². The highest BCUT2D eigenvalue weighted by Gasteiger charge is 2.20.